The number of ketones is 1. The summed E-state index contributed by atoms with van der Waals surface area (Å²) in [4.78, 5) is 16.6. The highest BCUT2D eigenvalue weighted by molar-refractivity contribution is 7.20. The third kappa shape index (κ3) is 2.57. The van der Waals surface area contributed by atoms with Gasteiger partial charge in [0.2, 0.25) is 0 Å². The van der Waals surface area contributed by atoms with Gasteiger partial charge in [-0.1, -0.05) is 47.5 Å². The van der Waals surface area contributed by atoms with Gasteiger partial charge in [-0.05, 0) is 23.8 Å². The number of thiazole rings is 1. The maximum absolute atomic E-state index is 12.3. The Kier molecular flexibility index (Phi) is 3.74. The van der Waals surface area contributed by atoms with E-state index in [1.165, 1.54) is 11.3 Å². The van der Waals surface area contributed by atoms with Gasteiger partial charge in [0.15, 0.2) is 10.8 Å². The average Bonchev–Trinajstić information content (AvgIpc) is 2.88. The number of halogens is 2. The summed E-state index contributed by atoms with van der Waals surface area (Å²) in [6.45, 7) is 0. The van der Waals surface area contributed by atoms with E-state index in [1.807, 2.05) is 24.3 Å². The van der Waals surface area contributed by atoms with Crippen LogP contribution in [-0.4, -0.2) is 10.8 Å². The molecule has 0 atom stereocenters. The number of benzene rings is 2. The first-order chi connectivity index (χ1) is 9.65. The number of fused-ring (bicyclic) bond motifs is 1. The van der Waals surface area contributed by atoms with Crippen molar-refractivity contribution in [1.29, 1.82) is 0 Å². The van der Waals surface area contributed by atoms with Gasteiger partial charge in [-0.3, -0.25) is 4.79 Å². The molecule has 0 aliphatic heterocycles. The van der Waals surface area contributed by atoms with E-state index in [0.29, 0.717) is 15.1 Å². The van der Waals surface area contributed by atoms with Gasteiger partial charge in [0.25, 0.3) is 0 Å². The molecule has 0 saturated heterocycles. The third-order valence-corrected chi connectivity index (χ3v) is 4.85. The van der Waals surface area contributed by atoms with Gasteiger partial charge in [0.1, 0.15) is 0 Å². The Balaban J connectivity index is 1.91. The summed E-state index contributed by atoms with van der Waals surface area (Å²) in [5.41, 5.74) is 1.57. The first-order valence-corrected chi connectivity index (χ1v) is 7.54. The Labute approximate surface area is 130 Å². The zero-order valence-corrected chi connectivity index (χ0v) is 12.6. The average molecular weight is 322 g/mol. The van der Waals surface area contributed by atoms with Crippen LogP contribution >= 0.6 is 34.5 Å². The summed E-state index contributed by atoms with van der Waals surface area (Å²) in [6, 6.07) is 13.0. The van der Waals surface area contributed by atoms with Gasteiger partial charge in [0, 0.05) is 6.42 Å². The van der Waals surface area contributed by atoms with E-state index in [4.69, 9.17) is 23.2 Å². The number of rotatable bonds is 3. The summed E-state index contributed by atoms with van der Waals surface area (Å²) in [5, 5.41) is 1.40. The van der Waals surface area contributed by atoms with Crippen molar-refractivity contribution in [3.63, 3.8) is 0 Å². The van der Waals surface area contributed by atoms with Crippen molar-refractivity contribution >= 4 is 50.5 Å². The minimum atomic E-state index is -0.0460. The van der Waals surface area contributed by atoms with Crippen molar-refractivity contribution in [3.8, 4) is 0 Å². The second-order valence-electron chi connectivity index (χ2n) is 4.30. The molecule has 0 aliphatic carbocycles. The molecular weight excluding hydrogens is 313 g/mol. The van der Waals surface area contributed by atoms with Crippen LogP contribution in [0.2, 0.25) is 10.0 Å². The van der Waals surface area contributed by atoms with Crippen LogP contribution < -0.4 is 0 Å². The Hall–Kier alpha value is -1.42. The maximum Gasteiger partial charge on any atom is 0.195 e. The summed E-state index contributed by atoms with van der Waals surface area (Å²) in [6.07, 6.45) is 0.208. The Morgan fingerprint density at radius 2 is 1.90 bits per heavy atom. The standard InChI is InChI=1S/C15H9Cl2NOS/c16-10-5-3-4-9(14(10)17)8-12(19)15-18-11-6-1-2-7-13(11)20-15/h1-7H,8H2. The van der Waals surface area contributed by atoms with Crippen molar-refractivity contribution in [1.82, 2.24) is 4.98 Å². The molecule has 1 aromatic heterocycles. The minimum absolute atomic E-state index is 0.0460. The second-order valence-corrected chi connectivity index (χ2v) is 6.12. The molecule has 3 aromatic rings. The van der Waals surface area contributed by atoms with E-state index in [0.717, 1.165) is 15.8 Å². The highest BCUT2D eigenvalue weighted by Gasteiger charge is 2.15. The van der Waals surface area contributed by atoms with Crippen LogP contribution in [0.4, 0.5) is 0 Å². The molecule has 3 rings (SSSR count). The lowest BCUT2D eigenvalue weighted by Crippen LogP contribution is -2.03. The molecule has 100 valence electrons. The normalized spacial score (nSPS) is 10.9. The first-order valence-electron chi connectivity index (χ1n) is 5.97. The Morgan fingerprint density at radius 1 is 1.10 bits per heavy atom. The molecule has 0 fully saturated rings. The fourth-order valence-electron chi connectivity index (χ4n) is 1.93. The zero-order chi connectivity index (χ0) is 14.1. The van der Waals surface area contributed by atoms with Crippen molar-refractivity contribution in [2.75, 3.05) is 0 Å². The smallest absolute Gasteiger partial charge is 0.195 e. The molecule has 0 amide bonds. The van der Waals surface area contributed by atoms with Crippen molar-refractivity contribution < 1.29 is 4.79 Å². The third-order valence-electron chi connectivity index (χ3n) is 2.92. The van der Waals surface area contributed by atoms with Crippen LogP contribution in [0.1, 0.15) is 15.4 Å². The number of hydrogen-bond donors (Lipinski definition) is 0. The molecule has 0 spiro atoms. The number of para-hydroxylation sites is 1. The lowest BCUT2D eigenvalue weighted by Gasteiger charge is -2.03. The second kappa shape index (κ2) is 5.52. The van der Waals surface area contributed by atoms with Crippen LogP contribution in [0.25, 0.3) is 10.2 Å². The van der Waals surface area contributed by atoms with E-state index in [1.54, 1.807) is 18.2 Å². The van der Waals surface area contributed by atoms with Crippen molar-refractivity contribution in [2.24, 2.45) is 0 Å². The van der Waals surface area contributed by atoms with Crippen LogP contribution in [0, 0.1) is 0 Å². The predicted octanol–water partition coefficient (Wildman–Crippen LogP) is 5.03. The summed E-state index contributed by atoms with van der Waals surface area (Å²) < 4.78 is 1.01. The molecule has 0 unspecified atom stereocenters. The van der Waals surface area contributed by atoms with E-state index < -0.39 is 0 Å². The molecule has 2 nitrogen and oxygen atoms in total. The fraction of sp³-hybridized carbons (Fsp3) is 0.0667. The van der Waals surface area contributed by atoms with E-state index in [2.05, 4.69) is 4.98 Å². The molecule has 5 heteroatoms. The van der Waals surface area contributed by atoms with Gasteiger partial charge < -0.3 is 0 Å². The van der Waals surface area contributed by atoms with Crippen LogP contribution in [0.15, 0.2) is 42.5 Å². The van der Waals surface area contributed by atoms with E-state index in [-0.39, 0.29) is 12.2 Å². The SMILES string of the molecule is O=C(Cc1cccc(Cl)c1Cl)c1nc2ccccc2s1. The number of hydrogen-bond acceptors (Lipinski definition) is 3. The maximum atomic E-state index is 12.3. The summed E-state index contributed by atoms with van der Waals surface area (Å²) in [5.74, 6) is -0.0460. The van der Waals surface area contributed by atoms with E-state index in [9.17, 15) is 4.79 Å². The molecule has 0 aliphatic rings. The van der Waals surface area contributed by atoms with Gasteiger partial charge in [-0.15, -0.1) is 11.3 Å². The number of aromatic nitrogens is 1. The van der Waals surface area contributed by atoms with Crippen LogP contribution in [-0.2, 0) is 6.42 Å². The molecule has 0 N–H and O–H groups in total. The molecule has 0 saturated carbocycles. The van der Waals surface area contributed by atoms with E-state index >= 15 is 0 Å². The molecular formula is C15H9Cl2NOS. The first kappa shape index (κ1) is 13.6. The largest absolute Gasteiger partial charge is 0.291 e. The summed E-state index contributed by atoms with van der Waals surface area (Å²) >= 11 is 13.5. The summed E-state index contributed by atoms with van der Waals surface area (Å²) in [7, 11) is 0. The Bertz CT molecular complexity index is 764. The minimum Gasteiger partial charge on any atom is -0.291 e. The molecule has 0 bridgehead atoms. The number of carbonyl (C=O) groups excluding carboxylic acids is 1. The molecule has 2 aromatic carbocycles. The van der Waals surface area contributed by atoms with Gasteiger partial charge >= 0.3 is 0 Å². The van der Waals surface area contributed by atoms with Crippen LogP contribution in [0.3, 0.4) is 0 Å². The van der Waals surface area contributed by atoms with Gasteiger partial charge in [-0.25, -0.2) is 4.98 Å². The number of carbonyl (C=O) groups is 1. The highest BCUT2D eigenvalue weighted by atomic mass is 35.5. The van der Waals surface area contributed by atoms with Gasteiger partial charge in [0.05, 0.1) is 20.3 Å². The van der Waals surface area contributed by atoms with Gasteiger partial charge in [-0.2, -0.15) is 0 Å². The topological polar surface area (TPSA) is 30.0 Å². The molecule has 1 heterocycles. The molecule has 0 radical (unpaired) electrons. The molecule has 20 heavy (non-hydrogen) atoms. The lowest BCUT2D eigenvalue weighted by atomic mass is 10.1. The van der Waals surface area contributed by atoms with Crippen molar-refractivity contribution in [2.45, 2.75) is 6.42 Å². The lowest BCUT2D eigenvalue weighted by molar-refractivity contribution is 0.0993. The van der Waals surface area contributed by atoms with Crippen LogP contribution in [0.5, 0.6) is 0 Å². The zero-order valence-electron chi connectivity index (χ0n) is 10.3. The predicted molar refractivity (Wildman–Crippen MR) is 84.1 cm³/mol. The number of nitrogens with zero attached hydrogens (tertiary/aromatic N) is 1. The fourth-order valence-corrected chi connectivity index (χ4v) is 3.22. The quantitative estimate of drug-likeness (QED) is 0.633. The highest BCUT2D eigenvalue weighted by Crippen LogP contribution is 2.28. The van der Waals surface area contributed by atoms with Crippen molar-refractivity contribution in [3.05, 3.63) is 63.1 Å². The monoisotopic (exact) mass is 321 g/mol. The Morgan fingerprint density at radius 3 is 2.70 bits per heavy atom. The number of Topliss-reactive ketones (excluding diaryl/α,β-unsaturated/α-hetero) is 1.